The van der Waals surface area contributed by atoms with Gasteiger partial charge in [0.25, 0.3) is 0 Å². The Morgan fingerprint density at radius 3 is 2.50 bits per heavy atom. The SMILES string of the molecule is CC(=O)c1cn2cc(C(C)=O)c(O)cc2n1. The molecular weight excluding hydrogens is 208 g/mol. The van der Waals surface area contributed by atoms with Crippen molar-refractivity contribution in [2.24, 2.45) is 0 Å². The van der Waals surface area contributed by atoms with Crippen molar-refractivity contribution >= 4 is 17.2 Å². The maximum atomic E-state index is 11.2. The highest BCUT2D eigenvalue weighted by atomic mass is 16.3. The molecule has 0 bridgehead atoms. The Kier molecular flexibility index (Phi) is 2.23. The molecule has 0 aliphatic rings. The van der Waals surface area contributed by atoms with Crippen molar-refractivity contribution in [2.75, 3.05) is 0 Å². The summed E-state index contributed by atoms with van der Waals surface area (Å²) in [6.45, 7) is 2.78. The fraction of sp³-hybridized carbons (Fsp3) is 0.182. The van der Waals surface area contributed by atoms with Gasteiger partial charge >= 0.3 is 0 Å². The summed E-state index contributed by atoms with van der Waals surface area (Å²) in [5, 5.41) is 9.57. The van der Waals surface area contributed by atoms with E-state index in [4.69, 9.17) is 0 Å². The first-order chi connectivity index (χ1) is 7.49. The molecule has 5 heteroatoms. The Morgan fingerprint density at radius 2 is 1.94 bits per heavy atom. The molecule has 0 aliphatic carbocycles. The van der Waals surface area contributed by atoms with Crippen molar-refractivity contribution < 1.29 is 14.7 Å². The third-order valence-corrected chi connectivity index (χ3v) is 2.31. The Morgan fingerprint density at radius 1 is 1.25 bits per heavy atom. The number of imidazole rings is 1. The van der Waals surface area contributed by atoms with Crippen LogP contribution in [0.2, 0.25) is 0 Å². The van der Waals surface area contributed by atoms with Crippen molar-refractivity contribution in [3.63, 3.8) is 0 Å². The van der Waals surface area contributed by atoms with Gasteiger partial charge in [0.1, 0.15) is 17.1 Å². The van der Waals surface area contributed by atoms with E-state index < -0.39 is 0 Å². The predicted octanol–water partition coefficient (Wildman–Crippen LogP) is 1.45. The van der Waals surface area contributed by atoms with Crippen LogP contribution in [0.5, 0.6) is 5.75 Å². The molecule has 0 atom stereocenters. The number of nitrogens with zero attached hydrogens (tertiary/aromatic N) is 2. The lowest BCUT2D eigenvalue weighted by atomic mass is 10.2. The van der Waals surface area contributed by atoms with Crippen LogP contribution in [0.1, 0.15) is 34.7 Å². The van der Waals surface area contributed by atoms with Gasteiger partial charge in [-0.15, -0.1) is 0 Å². The van der Waals surface area contributed by atoms with Crippen molar-refractivity contribution in [3.05, 3.63) is 29.7 Å². The second-order valence-electron chi connectivity index (χ2n) is 3.58. The summed E-state index contributed by atoms with van der Waals surface area (Å²) in [7, 11) is 0. The van der Waals surface area contributed by atoms with Crippen LogP contribution < -0.4 is 0 Å². The van der Waals surface area contributed by atoms with E-state index in [1.165, 1.54) is 32.3 Å². The second-order valence-corrected chi connectivity index (χ2v) is 3.58. The zero-order valence-corrected chi connectivity index (χ0v) is 8.89. The number of Topliss-reactive ketones (excluding diaryl/α,β-unsaturated/α-hetero) is 2. The van der Waals surface area contributed by atoms with Gasteiger partial charge in [-0.3, -0.25) is 9.59 Å². The number of aromatic hydroxyl groups is 1. The molecule has 0 amide bonds. The van der Waals surface area contributed by atoms with E-state index in [0.29, 0.717) is 11.3 Å². The predicted molar refractivity (Wildman–Crippen MR) is 56.9 cm³/mol. The van der Waals surface area contributed by atoms with Crippen molar-refractivity contribution in [1.82, 2.24) is 9.38 Å². The average Bonchev–Trinajstić information content (AvgIpc) is 2.58. The number of rotatable bonds is 2. The summed E-state index contributed by atoms with van der Waals surface area (Å²) in [4.78, 5) is 26.3. The molecule has 0 fully saturated rings. The van der Waals surface area contributed by atoms with Crippen molar-refractivity contribution in [2.45, 2.75) is 13.8 Å². The Bertz CT molecular complexity index is 599. The third kappa shape index (κ3) is 1.56. The highest BCUT2D eigenvalue weighted by Crippen LogP contribution is 2.20. The molecule has 0 unspecified atom stereocenters. The standard InChI is InChI=1S/C11H10N2O3/c1-6(14)8-4-13-5-9(7(2)15)12-11(13)3-10(8)16/h3-5,16H,1-2H3. The van der Waals surface area contributed by atoms with Crippen LogP contribution in [0.15, 0.2) is 18.5 Å². The monoisotopic (exact) mass is 218 g/mol. The number of pyridine rings is 1. The lowest BCUT2D eigenvalue weighted by Gasteiger charge is -2.00. The summed E-state index contributed by atoms with van der Waals surface area (Å²) in [6, 6.07) is 1.36. The van der Waals surface area contributed by atoms with Crippen LogP contribution in [0.25, 0.3) is 5.65 Å². The van der Waals surface area contributed by atoms with Crippen LogP contribution in [0, 0.1) is 0 Å². The molecule has 2 aromatic rings. The summed E-state index contributed by atoms with van der Waals surface area (Å²) in [5.41, 5.74) is 0.952. The number of fused-ring (bicyclic) bond motifs is 1. The molecule has 5 nitrogen and oxygen atoms in total. The fourth-order valence-electron chi connectivity index (χ4n) is 1.46. The molecule has 1 N–H and O–H groups in total. The molecule has 0 spiro atoms. The van der Waals surface area contributed by atoms with E-state index in [9.17, 15) is 14.7 Å². The molecule has 0 saturated carbocycles. The second kappa shape index (κ2) is 3.44. The van der Waals surface area contributed by atoms with Crippen molar-refractivity contribution in [1.29, 1.82) is 0 Å². The zero-order valence-electron chi connectivity index (χ0n) is 8.89. The number of ketones is 2. The molecule has 16 heavy (non-hydrogen) atoms. The van der Waals surface area contributed by atoms with E-state index in [-0.39, 0.29) is 22.9 Å². The van der Waals surface area contributed by atoms with Gasteiger partial charge in [0.05, 0.1) is 5.56 Å². The van der Waals surface area contributed by atoms with E-state index >= 15 is 0 Å². The van der Waals surface area contributed by atoms with Crippen LogP contribution in [0.4, 0.5) is 0 Å². The normalized spacial score (nSPS) is 10.6. The largest absolute Gasteiger partial charge is 0.507 e. The van der Waals surface area contributed by atoms with E-state index in [1.807, 2.05) is 0 Å². The van der Waals surface area contributed by atoms with Crippen LogP contribution in [-0.2, 0) is 0 Å². The van der Waals surface area contributed by atoms with E-state index in [1.54, 1.807) is 4.40 Å². The summed E-state index contributed by atoms with van der Waals surface area (Å²) in [5.74, 6) is -0.522. The highest BCUT2D eigenvalue weighted by Gasteiger charge is 2.11. The van der Waals surface area contributed by atoms with Gasteiger partial charge in [0, 0.05) is 25.4 Å². The Labute approximate surface area is 91.3 Å². The minimum atomic E-state index is -0.238. The van der Waals surface area contributed by atoms with Gasteiger partial charge in [-0.05, 0) is 6.92 Å². The van der Waals surface area contributed by atoms with Gasteiger partial charge in [-0.1, -0.05) is 0 Å². The number of carbonyl (C=O) groups excluding carboxylic acids is 2. The maximum absolute atomic E-state index is 11.2. The average molecular weight is 218 g/mol. The van der Waals surface area contributed by atoms with E-state index in [0.717, 1.165) is 0 Å². The third-order valence-electron chi connectivity index (χ3n) is 2.31. The summed E-state index contributed by atoms with van der Waals surface area (Å²) in [6.07, 6.45) is 3.00. The first kappa shape index (κ1) is 10.4. The fourth-order valence-corrected chi connectivity index (χ4v) is 1.46. The first-order valence-corrected chi connectivity index (χ1v) is 4.72. The topological polar surface area (TPSA) is 71.7 Å². The minimum absolute atomic E-state index is 0.124. The van der Waals surface area contributed by atoms with Crippen LogP contribution >= 0.6 is 0 Å². The number of hydrogen-bond donors (Lipinski definition) is 1. The van der Waals surface area contributed by atoms with Gasteiger partial charge in [0.2, 0.25) is 0 Å². The molecule has 2 heterocycles. The lowest BCUT2D eigenvalue weighted by Crippen LogP contribution is -1.96. The molecule has 0 aromatic carbocycles. The summed E-state index contributed by atoms with van der Waals surface area (Å²) < 4.78 is 1.55. The molecule has 2 aromatic heterocycles. The molecule has 2 rings (SSSR count). The van der Waals surface area contributed by atoms with Crippen LogP contribution in [-0.4, -0.2) is 26.1 Å². The Balaban J connectivity index is 2.70. The van der Waals surface area contributed by atoms with Crippen molar-refractivity contribution in [3.8, 4) is 5.75 Å². The lowest BCUT2D eigenvalue weighted by molar-refractivity contribution is 0.100. The quantitative estimate of drug-likeness (QED) is 0.774. The van der Waals surface area contributed by atoms with Gasteiger partial charge in [-0.25, -0.2) is 4.98 Å². The Hall–Kier alpha value is -2.17. The highest BCUT2D eigenvalue weighted by molar-refractivity contribution is 5.97. The van der Waals surface area contributed by atoms with E-state index in [2.05, 4.69) is 4.98 Å². The van der Waals surface area contributed by atoms with Crippen LogP contribution in [0.3, 0.4) is 0 Å². The van der Waals surface area contributed by atoms with Gasteiger partial charge < -0.3 is 9.51 Å². The van der Waals surface area contributed by atoms with Gasteiger partial charge in [0.15, 0.2) is 11.6 Å². The van der Waals surface area contributed by atoms with Gasteiger partial charge in [-0.2, -0.15) is 0 Å². The zero-order chi connectivity index (χ0) is 11.9. The number of carbonyl (C=O) groups is 2. The molecule has 0 radical (unpaired) electrons. The molecule has 82 valence electrons. The minimum Gasteiger partial charge on any atom is -0.507 e. The molecule has 0 aliphatic heterocycles. The maximum Gasteiger partial charge on any atom is 0.179 e. The smallest absolute Gasteiger partial charge is 0.179 e. The number of hydrogen-bond acceptors (Lipinski definition) is 4. The molecule has 0 saturated heterocycles. The molecular formula is C11H10N2O3. The summed E-state index contributed by atoms with van der Waals surface area (Å²) >= 11 is 0. The first-order valence-electron chi connectivity index (χ1n) is 4.72. The number of aromatic nitrogens is 2.